The van der Waals surface area contributed by atoms with E-state index >= 15 is 0 Å². The van der Waals surface area contributed by atoms with E-state index in [0.717, 1.165) is 30.4 Å². The molecule has 2 aliphatic rings. The Kier molecular flexibility index (Phi) is 4.08. The molecule has 0 unspecified atom stereocenters. The fraction of sp³-hybridized carbons (Fsp3) is 0.750. The number of hydrogen-bond acceptors (Lipinski definition) is 4. The van der Waals surface area contributed by atoms with E-state index in [4.69, 9.17) is 9.97 Å². The van der Waals surface area contributed by atoms with E-state index in [-0.39, 0.29) is 0 Å². The lowest BCUT2D eigenvalue weighted by Crippen LogP contribution is -2.18. The van der Waals surface area contributed by atoms with Gasteiger partial charge < -0.3 is 10.6 Å². The lowest BCUT2D eigenvalue weighted by atomic mass is 10.2. The molecule has 0 atom stereocenters. The van der Waals surface area contributed by atoms with Gasteiger partial charge in [-0.05, 0) is 39.0 Å². The first-order valence-electron chi connectivity index (χ1n) is 8.17. The molecule has 0 spiro atoms. The van der Waals surface area contributed by atoms with Gasteiger partial charge in [-0.2, -0.15) is 0 Å². The molecule has 0 radical (unpaired) electrons. The van der Waals surface area contributed by atoms with Crippen molar-refractivity contribution in [3.05, 3.63) is 11.4 Å². The molecule has 0 aromatic carbocycles. The zero-order valence-corrected chi connectivity index (χ0v) is 12.7. The minimum absolute atomic E-state index is 0.599. The van der Waals surface area contributed by atoms with Gasteiger partial charge in [0.1, 0.15) is 17.5 Å². The van der Waals surface area contributed by atoms with Crippen molar-refractivity contribution in [2.45, 2.75) is 70.8 Å². The first-order chi connectivity index (χ1) is 9.78. The molecule has 2 N–H and O–H groups in total. The molecule has 0 aliphatic heterocycles. The predicted molar refractivity (Wildman–Crippen MR) is 83.4 cm³/mol. The molecule has 1 aromatic rings. The molecule has 0 amide bonds. The van der Waals surface area contributed by atoms with Crippen LogP contribution in [0.5, 0.6) is 0 Å². The number of rotatable bonds is 6. The molecular formula is C16H26N4. The maximum Gasteiger partial charge on any atom is 0.136 e. The molecule has 3 rings (SSSR count). The van der Waals surface area contributed by atoms with Crippen LogP contribution in [0.2, 0.25) is 0 Å². The quantitative estimate of drug-likeness (QED) is 0.827. The molecular weight excluding hydrogens is 248 g/mol. The maximum atomic E-state index is 4.80. The fourth-order valence-electron chi connectivity index (χ4n) is 2.88. The van der Waals surface area contributed by atoms with E-state index in [0.29, 0.717) is 12.0 Å². The van der Waals surface area contributed by atoms with Crippen LogP contribution in [0.1, 0.15) is 69.2 Å². The summed E-state index contributed by atoms with van der Waals surface area (Å²) in [7, 11) is 0. The van der Waals surface area contributed by atoms with E-state index in [1.807, 2.05) is 0 Å². The Bertz CT molecular complexity index is 462. The van der Waals surface area contributed by atoms with Crippen LogP contribution in [0.3, 0.4) is 0 Å². The lowest BCUT2D eigenvalue weighted by molar-refractivity contribution is 0.744. The Hall–Kier alpha value is -1.32. The van der Waals surface area contributed by atoms with Crippen LogP contribution in [0.25, 0.3) is 0 Å². The second-order valence-electron chi connectivity index (χ2n) is 6.23. The molecule has 110 valence electrons. The Morgan fingerprint density at radius 2 is 1.75 bits per heavy atom. The van der Waals surface area contributed by atoms with Crippen molar-refractivity contribution in [3.8, 4) is 0 Å². The molecule has 0 bridgehead atoms. The summed E-state index contributed by atoms with van der Waals surface area (Å²) >= 11 is 0. The summed E-state index contributed by atoms with van der Waals surface area (Å²) in [4.78, 5) is 9.55. The number of aromatic nitrogens is 2. The van der Waals surface area contributed by atoms with Crippen LogP contribution < -0.4 is 10.6 Å². The van der Waals surface area contributed by atoms with Gasteiger partial charge in [0.05, 0.1) is 0 Å². The van der Waals surface area contributed by atoms with Crippen LogP contribution in [0, 0.1) is 6.92 Å². The van der Waals surface area contributed by atoms with E-state index in [1.54, 1.807) is 0 Å². The van der Waals surface area contributed by atoms with Gasteiger partial charge in [0.2, 0.25) is 0 Å². The SMILES string of the molecule is CCCNc1nc(C2CC2)nc(NC2CCCC2)c1C. The van der Waals surface area contributed by atoms with Gasteiger partial charge in [0.15, 0.2) is 0 Å². The highest BCUT2D eigenvalue weighted by Crippen LogP contribution is 2.39. The molecule has 4 heteroatoms. The van der Waals surface area contributed by atoms with Crippen molar-refractivity contribution in [2.24, 2.45) is 0 Å². The average molecular weight is 274 g/mol. The van der Waals surface area contributed by atoms with Crippen molar-refractivity contribution in [3.63, 3.8) is 0 Å². The molecule has 0 saturated heterocycles. The van der Waals surface area contributed by atoms with Gasteiger partial charge in [0, 0.05) is 24.1 Å². The smallest absolute Gasteiger partial charge is 0.136 e. The van der Waals surface area contributed by atoms with Crippen LogP contribution in [-0.4, -0.2) is 22.6 Å². The van der Waals surface area contributed by atoms with Gasteiger partial charge in [-0.15, -0.1) is 0 Å². The third-order valence-corrected chi connectivity index (χ3v) is 4.34. The predicted octanol–water partition coefficient (Wildman–Crippen LogP) is 3.84. The molecule has 2 aliphatic carbocycles. The van der Waals surface area contributed by atoms with Gasteiger partial charge in [-0.1, -0.05) is 19.8 Å². The summed E-state index contributed by atoms with van der Waals surface area (Å²) in [5, 5.41) is 7.12. The van der Waals surface area contributed by atoms with Gasteiger partial charge in [-0.25, -0.2) is 9.97 Å². The monoisotopic (exact) mass is 274 g/mol. The minimum atomic E-state index is 0.599. The first-order valence-corrected chi connectivity index (χ1v) is 8.17. The Morgan fingerprint density at radius 3 is 2.40 bits per heavy atom. The molecule has 1 aromatic heterocycles. The van der Waals surface area contributed by atoms with Gasteiger partial charge >= 0.3 is 0 Å². The van der Waals surface area contributed by atoms with E-state index in [2.05, 4.69) is 24.5 Å². The number of anilines is 2. The van der Waals surface area contributed by atoms with Crippen molar-refractivity contribution in [2.75, 3.05) is 17.2 Å². The largest absolute Gasteiger partial charge is 0.370 e. The summed E-state index contributed by atoms with van der Waals surface area (Å²) in [5.41, 5.74) is 1.18. The topological polar surface area (TPSA) is 49.8 Å². The highest BCUT2D eigenvalue weighted by atomic mass is 15.1. The summed E-state index contributed by atoms with van der Waals surface area (Å²) in [6, 6.07) is 0.606. The molecule has 20 heavy (non-hydrogen) atoms. The molecule has 2 fully saturated rings. The highest BCUT2D eigenvalue weighted by molar-refractivity contribution is 5.58. The minimum Gasteiger partial charge on any atom is -0.370 e. The zero-order chi connectivity index (χ0) is 13.9. The van der Waals surface area contributed by atoms with Crippen LogP contribution in [-0.2, 0) is 0 Å². The third kappa shape index (κ3) is 3.05. The highest BCUT2D eigenvalue weighted by Gasteiger charge is 2.28. The van der Waals surface area contributed by atoms with Gasteiger partial charge in [-0.3, -0.25) is 0 Å². The second kappa shape index (κ2) is 5.98. The van der Waals surface area contributed by atoms with Crippen molar-refractivity contribution in [1.29, 1.82) is 0 Å². The molecule has 2 saturated carbocycles. The molecule has 1 heterocycles. The number of nitrogens with zero attached hydrogens (tertiary/aromatic N) is 2. The fourth-order valence-corrected chi connectivity index (χ4v) is 2.88. The second-order valence-corrected chi connectivity index (χ2v) is 6.23. The van der Waals surface area contributed by atoms with Crippen molar-refractivity contribution >= 4 is 11.6 Å². The summed E-state index contributed by atoms with van der Waals surface area (Å²) in [6.45, 7) is 5.29. The lowest BCUT2D eigenvalue weighted by Gasteiger charge is -2.18. The van der Waals surface area contributed by atoms with Crippen LogP contribution in [0.4, 0.5) is 11.6 Å². The van der Waals surface area contributed by atoms with E-state index in [9.17, 15) is 0 Å². The number of nitrogens with one attached hydrogen (secondary N) is 2. The summed E-state index contributed by atoms with van der Waals surface area (Å²) in [6.07, 6.45) is 8.86. The maximum absolute atomic E-state index is 4.80. The summed E-state index contributed by atoms with van der Waals surface area (Å²) < 4.78 is 0. The van der Waals surface area contributed by atoms with Crippen LogP contribution >= 0.6 is 0 Å². The molecule has 4 nitrogen and oxygen atoms in total. The van der Waals surface area contributed by atoms with Gasteiger partial charge in [0.25, 0.3) is 0 Å². The van der Waals surface area contributed by atoms with E-state index in [1.165, 1.54) is 44.1 Å². The number of hydrogen-bond donors (Lipinski definition) is 2. The Labute approximate surface area is 121 Å². The Balaban J connectivity index is 1.83. The average Bonchev–Trinajstić information content (AvgIpc) is 3.18. The zero-order valence-electron chi connectivity index (χ0n) is 12.7. The van der Waals surface area contributed by atoms with Crippen LogP contribution in [0.15, 0.2) is 0 Å². The summed E-state index contributed by atoms with van der Waals surface area (Å²) in [5.74, 6) is 3.73. The normalized spacial score (nSPS) is 19.3. The first kappa shape index (κ1) is 13.7. The van der Waals surface area contributed by atoms with Crippen molar-refractivity contribution in [1.82, 2.24) is 9.97 Å². The third-order valence-electron chi connectivity index (χ3n) is 4.34. The standard InChI is InChI=1S/C16H26N4/c1-3-10-17-14-11(2)15(18-13-6-4-5-7-13)20-16(19-14)12-8-9-12/h12-13H,3-10H2,1-2H3,(H2,17,18,19,20). The van der Waals surface area contributed by atoms with Crippen molar-refractivity contribution < 1.29 is 0 Å². The van der Waals surface area contributed by atoms with E-state index < -0.39 is 0 Å². The Morgan fingerprint density at radius 1 is 1.05 bits per heavy atom.